The predicted molar refractivity (Wildman–Crippen MR) is 72.4 cm³/mol. The SMILES string of the molecule is O=C(C1C2C3CCC(C3)C12)N1CC2CCCNC2C1. The summed E-state index contributed by atoms with van der Waals surface area (Å²) in [6, 6.07) is 0.605. The molecule has 0 radical (unpaired) electrons. The molecule has 3 saturated carbocycles. The fourth-order valence-corrected chi connectivity index (χ4v) is 6.09. The maximum Gasteiger partial charge on any atom is 0.226 e. The minimum Gasteiger partial charge on any atom is -0.341 e. The Morgan fingerprint density at radius 3 is 2.53 bits per heavy atom. The molecule has 2 aliphatic heterocycles. The summed E-state index contributed by atoms with van der Waals surface area (Å²) >= 11 is 0. The second-order valence-corrected chi connectivity index (χ2v) is 7.72. The summed E-state index contributed by atoms with van der Waals surface area (Å²) in [4.78, 5) is 15.0. The predicted octanol–water partition coefficient (Wildman–Crippen LogP) is 1.49. The van der Waals surface area contributed by atoms with Crippen molar-refractivity contribution >= 4 is 5.91 Å². The normalized spacial score (nSPS) is 54.1. The zero-order valence-electron chi connectivity index (χ0n) is 11.6. The fraction of sp³-hybridized carbons (Fsp3) is 0.938. The van der Waals surface area contributed by atoms with E-state index in [2.05, 4.69) is 10.2 Å². The number of hydrogen-bond donors (Lipinski definition) is 1. The highest BCUT2D eigenvalue weighted by atomic mass is 16.2. The summed E-state index contributed by atoms with van der Waals surface area (Å²) in [6.45, 7) is 3.19. The Bertz CT molecular complexity index is 393. The molecule has 5 fully saturated rings. The van der Waals surface area contributed by atoms with Gasteiger partial charge in [-0.2, -0.15) is 0 Å². The summed E-state index contributed by atoms with van der Waals surface area (Å²) in [5, 5.41) is 3.61. The van der Waals surface area contributed by atoms with Gasteiger partial charge in [0, 0.05) is 25.0 Å². The molecule has 0 aromatic rings. The van der Waals surface area contributed by atoms with E-state index in [0.29, 0.717) is 17.9 Å². The number of rotatable bonds is 1. The topological polar surface area (TPSA) is 32.3 Å². The molecule has 2 bridgehead atoms. The van der Waals surface area contributed by atoms with Gasteiger partial charge in [0.15, 0.2) is 0 Å². The van der Waals surface area contributed by atoms with Crippen molar-refractivity contribution in [3.63, 3.8) is 0 Å². The number of likely N-dealkylation sites (tertiary alicyclic amines) is 1. The molecule has 0 aromatic carbocycles. The smallest absolute Gasteiger partial charge is 0.226 e. The molecule has 2 heterocycles. The quantitative estimate of drug-likeness (QED) is 0.775. The van der Waals surface area contributed by atoms with E-state index in [-0.39, 0.29) is 0 Å². The second kappa shape index (κ2) is 3.75. The lowest BCUT2D eigenvalue weighted by Crippen LogP contribution is -2.41. The minimum atomic E-state index is 0.450. The van der Waals surface area contributed by atoms with Gasteiger partial charge in [-0.05, 0) is 68.2 Å². The van der Waals surface area contributed by atoms with Crippen LogP contribution in [0.1, 0.15) is 32.1 Å². The van der Waals surface area contributed by atoms with Gasteiger partial charge in [-0.1, -0.05) is 0 Å². The number of carbonyl (C=O) groups excluding carboxylic acids is 1. The Labute approximate surface area is 115 Å². The monoisotopic (exact) mass is 260 g/mol. The molecule has 5 rings (SSSR count). The zero-order chi connectivity index (χ0) is 12.6. The van der Waals surface area contributed by atoms with Crippen molar-refractivity contribution in [1.29, 1.82) is 0 Å². The van der Waals surface area contributed by atoms with Gasteiger partial charge in [-0.15, -0.1) is 0 Å². The average Bonchev–Trinajstić information content (AvgIpc) is 2.83. The number of hydrogen-bond acceptors (Lipinski definition) is 2. The van der Waals surface area contributed by atoms with Crippen LogP contribution in [0.4, 0.5) is 0 Å². The molecule has 19 heavy (non-hydrogen) atoms. The third kappa shape index (κ3) is 1.45. The lowest BCUT2D eigenvalue weighted by molar-refractivity contribution is -0.132. The van der Waals surface area contributed by atoms with Gasteiger partial charge < -0.3 is 10.2 Å². The van der Waals surface area contributed by atoms with Crippen LogP contribution >= 0.6 is 0 Å². The van der Waals surface area contributed by atoms with Crippen LogP contribution in [0, 0.1) is 35.5 Å². The average molecular weight is 260 g/mol. The molecule has 3 nitrogen and oxygen atoms in total. The first-order chi connectivity index (χ1) is 9.33. The van der Waals surface area contributed by atoms with E-state index in [1.807, 2.05) is 0 Å². The van der Waals surface area contributed by atoms with E-state index in [1.54, 1.807) is 0 Å². The van der Waals surface area contributed by atoms with Crippen molar-refractivity contribution < 1.29 is 4.79 Å². The molecule has 3 heteroatoms. The Balaban J connectivity index is 1.29. The first-order valence-electron chi connectivity index (χ1n) is 8.35. The van der Waals surface area contributed by atoms with E-state index < -0.39 is 0 Å². The van der Waals surface area contributed by atoms with Gasteiger partial charge >= 0.3 is 0 Å². The number of amides is 1. The number of nitrogens with zero attached hydrogens (tertiary/aromatic N) is 1. The summed E-state index contributed by atoms with van der Waals surface area (Å²) in [6.07, 6.45) is 6.91. The number of nitrogens with one attached hydrogen (secondary N) is 1. The van der Waals surface area contributed by atoms with Crippen molar-refractivity contribution in [3.05, 3.63) is 0 Å². The molecular formula is C16H24N2O. The summed E-state index contributed by atoms with van der Waals surface area (Å²) in [5.41, 5.74) is 0. The van der Waals surface area contributed by atoms with Crippen molar-refractivity contribution in [2.24, 2.45) is 35.5 Å². The van der Waals surface area contributed by atoms with Crippen LogP contribution in [0.2, 0.25) is 0 Å². The minimum absolute atomic E-state index is 0.450. The first kappa shape index (κ1) is 11.1. The molecule has 6 atom stereocenters. The maximum absolute atomic E-state index is 12.8. The maximum atomic E-state index is 12.8. The van der Waals surface area contributed by atoms with Crippen LogP contribution in [0.5, 0.6) is 0 Å². The molecular weight excluding hydrogens is 236 g/mol. The van der Waals surface area contributed by atoms with Crippen molar-refractivity contribution in [3.8, 4) is 0 Å². The molecule has 104 valence electrons. The van der Waals surface area contributed by atoms with Gasteiger partial charge in [0.2, 0.25) is 5.91 Å². The molecule has 6 unspecified atom stereocenters. The summed E-state index contributed by atoms with van der Waals surface area (Å²) in [7, 11) is 0. The van der Waals surface area contributed by atoms with Gasteiger partial charge in [-0.3, -0.25) is 4.79 Å². The third-order valence-corrected chi connectivity index (χ3v) is 6.93. The van der Waals surface area contributed by atoms with Crippen LogP contribution < -0.4 is 5.32 Å². The summed E-state index contributed by atoms with van der Waals surface area (Å²) < 4.78 is 0. The molecule has 5 aliphatic rings. The highest BCUT2D eigenvalue weighted by Crippen LogP contribution is 2.69. The van der Waals surface area contributed by atoms with Crippen molar-refractivity contribution in [1.82, 2.24) is 10.2 Å². The number of carbonyl (C=O) groups is 1. The van der Waals surface area contributed by atoms with E-state index in [0.717, 1.165) is 49.2 Å². The van der Waals surface area contributed by atoms with Crippen LogP contribution in [0.3, 0.4) is 0 Å². The zero-order valence-corrected chi connectivity index (χ0v) is 11.6. The first-order valence-corrected chi connectivity index (χ1v) is 8.35. The summed E-state index contributed by atoms with van der Waals surface area (Å²) in [5.74, 6) is 5.19. The molecule has 1 amide bonds. The van der Waals surface area contributed by atoms with Crippen molar-refractivity contribution in [2.45, 2.75) is 38.1 Å². The number of fused-ring (bicyclic) bond motifs is 6. The van der Waals surface area contributed by atoms with Gasteiger partial charge in [0.1, 0.15) is 0 Å². The Kier molecular flexibility index (Phi) is 2.20. The second-order valence-electron chi connectivity index (χ2n) is 7.72. The van der Waals surface area contributed by atoms with Crippen molar-refractivity contribution in [2.75, 3.05) is 19.6 Å². The number of piperidine rings is 1. The molecule has 3 aliphatic carbocycles. The third-order valence-electron chi connectivity index (χ3n) is 6.93. The molecule has 0 spiro atoms. The van der Waals surface area contributed by atoms with Crippen LogP contribution in [0.15, 0.2) is 0 Å². The van der Waals surface area contributed by atoms with Gasteiger partial charge in [0.05, 0.1) is 0 Å². The lowest BCUT2D eigenvalue weighted by Gasteiger charge is -2.24. The largest absolute Gasteiger partial charge is 0.341 e. The Morgan fingerprint density at radius 2 is 1.79 bits per heavy atom. The van der Waals surface area contributed by atoms with E-state index in [1.165, 1.54) is 32.1 Å². The van der Waals surface area contributed by atoms with E-state index >= 15 is 0 Å². The lowest BCUT2D eigenvalue weighted by atomic mass is 9.94. The highest BCUT2D eigenvalue weighted by molar-refractivity contribution is 5.83. The van der Waals surface area contributed by atoms with Crippen LogP contribution in [0.25, 0.3) is 0 Å². The fourth-order valence-electron chi connectivity index (χ4n) is 6.09. The molecule has 0 aromatic heterocycles. The van der Waals surface area contributed by atoms with E-state index in [4.69, 9.17) is 0 Å². The van der Waals surface area contributed by atoms with Crippen LogP contribution in [-0.2, 0) is 4.79 Å². The van der Waals surface area contributed by atoms with Gasteiger partial charge in [0.25, 0.3) is 0 Å². The molecule has 2 saturated heterocycles. The Morgan fingerprint density at radius 1 is 1.00 bits per heavy atom. The van der Waals surface area contributed by atoms with E-state index in [9.17, 15) is 4.79 Å². The van der Waals surface area contributed by atoms with Gasteiger partial charge in [-0.25, -0.2) is 0 Å². The standard InChI is InChI=1S/C16H24N2O/c19-16(15-13-9-3-4-10(6-9)14(13)15)18-7-11-2-1-5-17-12(11)8-18/h9-15,17H,1-8H2. The Hall–Kier alpha value is -0.570. The molecule has 1 N–H and O–H groups in total. The van der Waals surface area contributed by atoms with Crippen LogP contribution in [-0.4, -0.2) is 36.5 Å². The highest BCUT2D eigenvalue weighted by Gasteiger charge is 2.68.